The number of benzene rings is 1. The molecule has 11 heteroatoms. The van der Waals surface area contributed by atoms with Gasteiger partial charge in [0.25, 0.3) is 0 Å². The number of ether oxygens (including phenoxy) is 2. The Morgan fingerprint density at radius 1 is 0.962 bits per heavy atom. The predicted molar refractivity (Wildman–Crippen MR) is 87.7 cm³/mol. The molecule has 0 radical (unpaired) electrons. The summed E-state index contributed by atoms with van der Waals surface area (Å²) in [5, 5.41) is 4.78. The lowest BCUT2D eigenvalue weighted by atomic mass is 10.1. The van der Waals surface area contributed by atoms with Gasteiger partial charge in [0.15, 0.2) is 11.4 Å². The Morgan fingerprint density at radius 3 is 1.81 bits per heavy atom. The Kier molecular flexibility index (Phi) is 8.10. The molecule has 0 fully saturated rings. The van der Waals surface area contributed by atoms with E-state index in [1.807, 2.05) is 0 Å². The molecule has 0 unspecified atom stereocenters. The van der Waals surface area contributed by atoms with E-state index in [1.54, 1.807) is 13.8 Å². The Morgan fingerprint density at radius 2 is 1.42 bits per heavy atom. The normalized spacial score (nSPS) is 12.3. The van der Waals surface area contributed by atoms with Gasteiger partial charge in [-0.1, -0.05) is 0 Å². The van der Waals surface area contributed by atoms with E-state index in [1.165, 1.54) is 0 Å². The van der Waals surface area contributed by atoms with E-state index in [0.29, 0.717) is 25.3 Å². The van der Waals surface area contributed by atoms with E-state index < -0.39 is 35.5 Å². The van der Waals surface area contributed by atoms with Crippen molar-refractivity contribution in [3.63, 3.8) is 0 Å². The molecule has 1 aromatic carbocycles. The summed E-state index contributed by atoms with van der Waals surface area (Å²) in [6.07, 6.45) is -10.5. The first-order chi connectivity index (χ1) is 12.0. The van der Waals surface area contributed by atoms with Crippen LogP contribution in [0.1, 0.15) is 25.0 Å². The number of nitrogens with one attached hydrogen (secondary N) is 2. The van der Waals surface area contributed by atoms with Gasteiger partial charge in [0.05, 0.1) is 17.7 Å². The van der Waals surface area contributed by atoms with Crippen molar-refractivity contribution in [3.8, 4) is 0 Å². The molecule has 4 nitrogen and oxygen atoms in total. The lowest BCUT2D eigenvalue weighted by molar-refractivity contribution is -0.143. The van der Waals surface area contributed by atoms with E-state index in [4.69, 9.17) is 21.7 Å². The molecule has 1 aromatic rings. The van der Waals surface area contributed by atoms with Crippen LogP contribution in [0.15, 0.2) is 18.2 Å². The summed E-state index contributed by atoms with van der Waals surface area (Å²) in [5.74, 6) is 0. The molecule has 148 valence electrons. The zero-order valence-electron chi connectivity index (χ0n) is 13.9. The van der Waals surface area contributed by atoms with Crippen LogP contribution in [-0.4, -0.2) is 31.2 Å². The maximum absolute atomic E-state index is 12.8. The van der Waals surface area contributed by atoms with Crippen molar-refractivity contribution < 1.29 is 35.8 Å². The lowest BCUT2D eigenvalue weighted by Crippen LogP contribution is -2.37. The van der Waals surface area contributed by atoms with Crippen LogP contribution in [0.2, 0.25) is 0 Å². The Labute approximate surface area is 151 Å². The molecule has 0 saturated carbocycles. The first kappa shape index (κ1) is 22.5. The fourth-order valence-electron chi connectivity index (χ4n) is 1.92. The largest absolute Gasteiger partial charge is 0.416 e. The number of rotatable bonds is 7. The smallest absolute Gasteiger partial charge is 0.357 e. The van der Waals surface area contributed by atoms with E-state index in [0.717, 1.165) is 0 Å². The van der Waals surface area contributed by atoms with Crippen LogP contribution < -0.4 is 10.6 Å². The number of halogens is 6. The van der Waals surface area contributed by atoms with Crippen LogP contribution in [0.4, 0.5) is 32.0 Å². The highest BCUT2D eigenvalue weighted by Crippen LogP contribution is 2.37. The van der Waals surface area contributed by atoms with Crippen molar-refractivity contribution in [1.29, 1.82) is 0 Å². The molecule has 2 N–H and O–H groups in total. The zero-order valence-corrected chi connectivity index (χ0v) is 14.7. The molecule has 0 aromatic heterocycles. The van der Waals surface area contributed by atoms with E-state index >= 15 is 0 Å². The van der Waals surface area contributed by atoms with Gasteiger partial charge >= 0.3 is 12.4 Å². The maximum Gasteiger partial charge on any atom is 0.416 e. The van der Waals surface area contributed by atoms with Gasteiger partial charge in [0.1, 0.15) is 0 Å². The minimum Gasteiger partial charge on any atom is -0.357 e. The van der Waals surface area contributed by atoms with Crippen LogP contribution in [-0.2, 0) is 21.8 Å². The molecule has 0 aliphatic rings. The fourth-order valence-corrected chi connectivity index (χ4v) is 2.12. The summed E-state index contributed by atoms with van der Waals surface area (Å²) in [6, 6.07) is 1.14. The van der Waals surface area contributed by atoms with Gasteiger partial charge in [0, 0.05) is 18.9 Å². The Bertz CT molecular complexity index is 569. The molecule has 0 heterocycles. The molecule has 0 amide bonds. The molecule has 0 saturated heterocycles. The quantitative estimate of drug-likeness (QED) is 0.400. The van der Waals surface area contributed by atoms with Gasteiger partial charge in [0.2, 0.25) is 0 Å². The molecule has 1 rings (SSSR count). The molecule has 0 spiro atoms. The summed E-state index contributed by atoms with van der Waals surface area (Å²) in [4.78, 5) is 0. The minimum absolute atomic E-state index is 0.0435. The average molecular weight is 404 g/mol. The van der Waals surface area contributed by atoms with Crippen LogP contribution in [0.5, 0.6) is 0 Å². The van der Waals surface area contributed by atoms with Crippen molar-refractivity contribution in [3.05, 3.63) is 29.3 Å². The molecule has 0 aliphatic heterocycles. The lowest BCUT2D eigenvalue weighted by Gasteiger charge is -2.19. The molecular weight excluding hydrogens is 386 g/mol. The van der Waals surface area contributed by atoms with Crippen LogP contribution in [0.3, 0.4) is 0 Å². The second kappa shape index (κ2) is 9.38. The van der Waals surface area contributed by atoms with Gasteiger partial charge in [-0.05, 0) is 44.3 Å². The van der Waals surface area contributed by atoms with Crippen molar-refractivity contribution in [1.82, 2.24) is 5.32 Å². The highest BCUT2D eigenvalue weighted by molar-refractivity contribution is 7.80. The number of thiocarbonyl (C=S) groups is 1. The predicted octanol–water partition coefficient (Wildman–Crippen LogP) is 4.41. The monoisotopic (exact) mass is 404 g/mol. The van der Waals surface area contributed by atoms with Crippen molar-refractivity contribution in [2.75, 3.05) is 25.1 Å². The number of alkyl halides is 6. The Hall–Kier alpha value is -1.59. The number of hydrogen-bond acceptors (Lipinski definition) is 3. The number of anilines is 1. The molecule has 0 atom stereocenters. The van der Waals surface area contributed by atoms with Crippen LogP contribution in [0.25, 0.3) is 0 Å². The SMILES string of the molecule is CCOC(CNC(=S)Nc1cc(C(F)(F)F)cc(C(F)(F)F)c1)OCC. The first-order valence-corrected chi connectivity index (χ1v) is 7.95. The third-order valence-corrected chi connectivity index (χ3v) is 3.23. The minimum atomic E-state index is -4.93. The van der Waals surface area contributed by atoms with Crippen molar-refractivity contribution in [2.24, 2.45) is 0 Å². The molecule has 26 heavy (non-hydrogen) atoms. The fraction of sp³-hybridized carbons (Fsp3) is 0.533. The highest BCUT2D eigenvalue weighted by atomic mass is 32.1. The van der Waals surface area contributed by atoms with Gasteiger partial charge in [-0.25, -0.2) is 0 Å². The summed E-state index contributed by atoms with van der Waals surface area (Å²) in [6.45, 7) is 4.26. The molecule has 0 aliphatic carbocycles. The number of hydrogen-bond donors (Lipinski definition) is 2. The Balaban J connectivity index is 2.89. The van der Waals surface area contributed by atoms with Crippen molar-refractivity contribution >= 4 is 23.0 Å². The van der Waals surface area contributed by atoms with Gasteiger partial charge in [-0.3, -0.25) is 0 Å². The average Bonchev–Trinajstić information content (AvgIpc) is 2.51. The summed E-state index contributed by atoms with van der Waals surface area (Å²) >= 11 is 4.90. The molecular formula is C15H18F6N2O2S. The van der Waals surface area contributed by atoms with Crippen LogP contribution in [0, 0.1) is 0 Å². The van der Waals surface area contributed by atoms with E-state index in [2.05, 4.69) is 10.6 Å². The highest BCUT2D eigenvalue weighted by Gasteiger charge is 2.37. The third-order valence-electron chi connectivity index (χ3n) is 2.98. The summed E-state index contributed by atoms with van der Waals surface area (Å²) in [5.41, 5.74) is -3.30. The van der Waals surface area contributed by atoms with Crippen LogP contribution >= 0.6 is 12.2 Å². The topological polar surface area (TPSA) is 42.5 Å². The first-order valence-electron chi connectivity index (χ1n) is 7.54. The van der Waals surface area contributed by atoms with Crippen molar-refractivity contribution in [2.45, 2.75) is 32.5 Å². The van der Waals surface area contributed by atoms with Gasteiger partial charge in [-0.2, -0.15) is 26.3 Å². The zero-order chi connectivity index (χ0) is 20.0. The summed E-state index contributed by atoms with van der Waals surface area (Å²) < 4.78 is 87.4. The summed E-state index contributed by atoms with van der Waals surface area (Å²) in [7, 11) is 0. The van der Waals surface area contributed by atoms with Gasteiger partial charge in [-0.15, -0.1) is 0 Å². The van der Waals surface area contributed by atoms with E-state index in [-0.39, 0.29) is 17.7 Å². The third kappa shape index (κ3) is 7.34. The van der Waals surface area contributed by atoms with Gasteiger partial charge < -0.3 is 20.1 Å². The van der Waals surface area contributed by atoms with E-state index in [9.17, 15) is 26.3 Å². The standard InChI is InChI=1S/C15H18F6N2O2S/c1-3-24-12(25-4-2)8-22-13(26)23-11-6-9(14(16,17)18)5-10(7-11)15(19,20)21/h5-7,12H,3-4,8H2,1-2H3,(H2,22,23,26). The maximum atomic E-state index is 12.8. The second-order valence-electron chi connectivity index (χ2n) is 4.97. The second-order valence-corrected chi connectivity index (χ2v) is 5.38. The molecule has 0 bridgehead atoms.